The van der Waals surface area contributed by atoms with E-state index >= 15 is 0 Å². The molecule has 1 N–H and O–H groups in total. The molecule has 1 aliphatic rings. The minimum Gasteiger partial charge on any atom is -0.491 e. The number of anilines is 1. The van der Waals surface area contributed by atoms with Crippen LogP contribution in [0.4, 0.5) is 5.69 Å². The van der Waals surface area contributed by atoms with Crippen molar-refractivity contribution in [3.63, 3.8) is 0 Å². The predicted molar refractivity (Wildman–Crippen MR) is 112 cm³/mol. The molecule has 1 saturated heterocycles. The van der Waals surface area contributed by atoms with Gasteiger partial charge in [-0.3, -0.25) is 9.59 Å². The summed E-state index contributed by atoms with van der Waals surface area (Å²) in [5.41, 5.74) is 1.15. The van der Waals surface area contributed by atoms with E-state index in [0.717, 1.165) is 25.4 Å². The predicted octanol–water partition coefficient (Wildman–Crippen LogP) is 2.90. The molecule has 0 saturated carbocycles. The van der Waals surface area contributed by atoms with Gasteiger partial charge in [-0.25, -0.2) is 4.98 Å². The number of amides is 2. The Morgan fingerprint density at radius 2 is 1.69 bits per heavy atom. The Morgan fingerprint density at radius 3 is 2.31 bits per heavy atom. The van der Waals surface area contributed by atoms with Crippen LogP contribution < -0.4 is 10.1 Å². The van der Waals surface area contributed by atoms with Crippen LogP contribution in [-0.4, -0.2) is 65.4 Å². The van der Waals surface area contributed by atoms with Crippen LogP contribution in [0.3, 0.4) is 0 Å². The van der Waals surface area contributed by atoms with Crippen molar-refractivity contribution in [3.05, 3.63) is 53.9 Å². The Balaban J connectivity index is 1.64. The number of rotatable bonds is 6. The van der Waals surface area contributed by atoms with Crippen LogP contribution in [0, 0.1) is 0 Å². The molecule has 7 nitrogen and oxygen atoms in total. The molecule has 1 aromatic carbocycles. The average Bonchev–Trinajstić information content (AvgIpc) is 2.74. The molecule has 3 rings (SSSR count). The molecule has 2 heterocycles. The zero-order chi connectivity index (χ0) is 20.8. The zero-order valence-corrected chi connectivity index (χ0v) is 17.2. The second-order valence-corrected chi connectivity index (χ2v) is 7.28. The number of carbonyl (C=O) groups excluding carboxylic acids is 2. The fraction of sp³-hybridized carbons (Fsp3) is 0.409. The molecular formula is C22H28N4O3. The van der Waals surface area contributed by atoms with Gasteiger partial charge in [0, 0.05) is 31.9 Å². The number of piperazine rings is 1. The summed E-state index contributed by atoms with van der Waals surface area (Å²) >= 11 is 0. The number of likely N-dealkylation sites (N-methyl/N-ethyl adjacent to an activating group) is 1. The van der Waals surface area contributed by atoms with Gasteiger partial charge in [-0.15, -0.1) is 0 Å². The molecule has 0 atom stereocenters. The standard InChI is InChI=1S/C22H28N4O3/c1-4-25-12-14-26(15-13-25)22(28)20-7-5-6-19(24-20)21(27)23-17-8-10-18(11-9-17)29-16(2)3/h5-11,16H,4,12-15H2,1-3H3,(H,23,27). The van der Waals surface area contributed by atoms with E-state index in [-0.39, 0.29) is 23.6 Å². The number of pyridine rings is 1. The van der Waals surface area contributed by atoms with E-state index in [1.165, 1.54) is 0 Å². The summed E-state index contributed by atoms with van der Waals surface area (Å²) in [6.07, 6.45) is 0.0878. The summed E-state index contributed by atoms with van der Waals surface area (Å²) in [5, 5.41) is 2.81. The first-order valence-corrected chi connectivity index (χ1v) is 10.0. The van der Waals surface area contributed by atoms with Crippen molar-refractivity contribution in [3.8, 4) is 5.75 Å². The topological polar surface area (TPSA) is 74.8 Å². The van der Waals surface area contributed by atoms with Gasteiger partial charge >= 0.3 is 0 Å². The summed E-state index contributed by atoms with van der Waals surface area (Å²) in [6.45, 7) is 10.1. The van der Waals surface area contributed by atoms with E-state index < -0.39 is 0 Å². The van der Waals surface area contributed by atoms with Gasteiger partial charge < -0.3 is 19.9 Å². The Bertz CT molecular complexity index is 843. The van der Waals surface area contributed by atoms with Crippen LogP contribution in [0.25, 0.3) is 0 Å². The van der Waals surface area contributed by atoms with Crippen molar-refractivity contribution in [1.82, 2.24) is 14.8 Å². The number of hydrogen-bond acceptors (Lipinski definition) is 5. The van der Waals surface area contributed by atoms with E-state index in [0.29, 0.717) is 24.5 Å². The van der Waals surface area contributed by atoms with E-state index in [4.69, 9.17) is 4.74 Å². The zero-order valence-electron chi connectivity index (χ0n) is 17.2. The lowest BCUT2D eigenvalue weighted by Gasteiger charge is -2.33. The Morgan fingerprint density at radius 1 is 1.03 bits per heavy atom. The third kappa shape index (κ3) is 5.54. The van der Waals surface area contributed by atoms with E-state index in [1.54, 1.807) is 47.4 Å². The summed E-state index contributed by atoms with van der Waals surface area (Å²) in [4.78, 5) is 33.7. The highest BCUT2D eigenvalue weighted by Crippen LogP contribution is 2.17. The average molecular weight is 396 g/mol. The maximum atomic E-state index is 12.8. The van der Waals surface area contributed by atoms with Crippen molar-refractivity contribution >= 4 is 17.5 Å². The maximum absolute atomic E-state index is 12.8. The summed E-state index contributed by atoms with van der Waals surface area (Å²) in [7, 11) is 0. The lowest BCUT2D eigenvalue weighted by Crippen LogP contribution is -2.48. The molecule has 7 heteroatoms. The molecule has 0 radical (unpaired) electrons. The number of ether oxygens (including phenoxy) is 1. The fourth-order valence-corrected chi connectivity index (χ4v) is 3.19. The Hall–Kier alpha value is -2.93. The van der Waals surface area contributed by atoms with Crippen LogP contribution in [0.5, 0.6) is 5.75 Å². The van der Waals surface area contributed by atoms with Crippen LogP contribution in [0.15, 0.2) is 42.5 Å². The van der Waals surface area contributed by atoms with Gasteiger partial charge in [-0.2, -0.15) is 0 Å². The van der Waals surface area contributed by atoms with E-state index in [1.807, 2.05) is 13.8 Å². The summed E-state index contributed by atoms with van der Waals surface area (Å²) < 4.78 is 5.60. The first-order chi connectivity index (χ1) is 14.0. The molecular weight excluding hydrogens is 368 g/mol. The minimum absolute atomic E-state index is 0.0878. The lowest BCUT2D eigenvalue weighted by molar-refractivity contribution is 0.0637. The Labute approximate surface area is 171 Å². The van der Waals surface area contributed by atoms with Gasteiger partial charge in [0.15, 0.2) is 0 Å². The number of carbonyl (C=O) groups is 2. The monoisotopic (exact) mass is 396 g/mol. The highest BCUT2D eigenvalue weighted by molar-refractivity contribution is 6.03. The summed E-state index contributed by atoms with van der Waals surface area (Å²) in [6, 6.07) is 12.1. The largest absolute Gasteiger partial charge is 0.491 e. The third-order valence-corrected chi connectivity index (χ3v) is 4.79. The van der Waals surface area contributed by atoms with Gasteiger partial charge in [-0.05, 0) is 56.8 Å². The number of hydrogen-bond donors (Lipinski definition) is 1. The van der Waals surface area contributed by atoms with Crippen molar-refractivity contribution in [2.24, 2.45) is 0 Å². The van der Waals surface area contributed by atoms with Crippen LogP contribution in [-0.2, 0) is 0 Å². The van der Waals surface area contributed by atoms with Crippen LogP contribution >= 0.6 is 0 Å². The van der Waals surface area contributed by atoms with Crippen molar-refractivity contribution in [1.29, 1.82) is 0 Å². The highest BCUT2D eigenvalue weighted by atomic mass is 16.5. The normalized spacial score (nSPS) is 14.7. The van der Waals surface area contributed by atoms with Gasteiger partial charge in [-0.1, -0.05) is 13.0 Å². The van der Waals surface area contributed by atoms with Crippen LogP contribution in [0.2, 0.25) is 0 Å². The van der Waals surface area contributed by atoms with E-state index in [2.05, 4.69) is 22.1 Å². The van der Waals surface area contributed by atoms with Crippen molar-refractivity contribution in [2.75, 3.05) is 38.0 Å². The first-order valence-electron chi connectivity index (χ1n) is 10.0. The molecule has 0 bridgehead atoms. The van der Waals surface area contributed by atoms with Gasteiger partial charge in [0.05, 0.1) is 6.10 Å². The fourth-order valence-electron chi connectivity index (χ4n) is 3.19. The number of nitrogens with one attached hydrogen (secondary N) is 1. The third-order valence-electron chi connectivity index (χ3n) is 4.79. The smallest absolute Gasteiger partial charge is 0.274 e. The van der Waals surface area contributed by atoms with Gasteiger partial charge in [0.2, 0.25) is 0 Å². The molecule has 2 aromatic rings. The number of aromatic nitrogens is 1. The van der Waals surface area contributed by atoms with Gasteiger partial charge in [0.25, 0.3) is 11.8 Å². The SMILES string of the molecule is CCN1CCN(C(=O)c2cccc(C(=O)Nc3ccc(OC(C)C)cc3)n2)CC1. The Kier molecular flexibility index (Phi) is 6.82. The van der Waals surface area contributed by atoms with E-state index in [9.17, 15) is 9.59 Å². The first kappa shape index (κ1) is 20.8. The number of benzene rings is 1. The molecule has 2 amide bonds. The van der Waals surface area contributed by atoms with Crippen LogP contribution in [0.1, 0.15) is 41.7 Å². The quantitative estimate of drug-likeness (QED) is 0.813. The second kappa shape index (κ2) is 9.52. The highest BCUT2D eigenvalue weighted by Gasteiger charge is 2.23. The van der Waals surface area contributed by atoms with Crippen molar-refractivity contribution < 1.29 is 14.3 Å². The molecule has 29 heavy (non-hydrogen) atoms. The second-order valence-electron chi connectivity index (χ2n) is 7.28. The molecule has 0 aliphatic carbocycles. The molecule has 0 unspecified atom stereocenters. The molecule has 154 valence electrons. The van der Waals surface area contributed by atoms with Crippen molar-refractivity contribution in [2.45, 2.75) is 26.9 Å². The molecule has 1 fully saturated rings. The summed E-state index contributed by atoms with van der Waals surface area (Å²) in [5.74, 6) is 0.255. The molecule has 1 aliphatic heterocycles. The molecule has 0 spiro atoms. The maximum Gasteiger partial charge on any atom is 0.274 e. The lowest BCUT2D eigenvalue weighted by atomic mass is 10.2. The minimum atomic E-state index is -0.354. The molecule has 1 aromatic heterocycles. The van der Waals surface area contributed by atoms with Gasteiger partial charge in [0.1, 0.15) is 17.1 Å². The number of nitrogens with zero attached hydrogens (tertiary/aromatic N) is 3.